The highest BCUT2D eigenvalue weighted by atomic mass is 32.2. The fraction of sp³-hybridized carbons (Fsp3) is 0.314. The molecule has 0 aliphatic carbocycles. The first-order valence-electron chi connectivity index (χ1n) is 15.2. The number of allylic oxidation sites excluding steroid dienone is 2. The van der Waals surface area contributed by atoms with E-state index in [4.69, 9.17) is 9.47 Å². The van der Waals surface area contributed by atoms with Gasteiger partial charge in [0.25, 0.3) is 5.69 Å². The van der Waals surface area contributed by atoms with Crippen molar-refractivity contribution in [1.82, 2.24) is 10.2 Å². The number of ether oxygens (including phenoxy) is 2. The number of fused-ring (bicyclic) bond motifs is 2. The molecule has 0 saturated carbocycles. The molecule has 0 aromatic heterocycles. The topological polar surface area (TPSA) is 114 Å². The average molecular weight is 643 g/mol. The van der Waals surface area contributed by atoms with Gasteiger partial charge in [0.2, 0.25) is 0 Å². The van der Waals surface area contributed by atoms with E-state index in [2.05, 4.69) is 63.6 Å². The number of dihydropyridines is 1. The van der Waals surface area contributed by atoms with Crippen LogP contribution >= 0.6 is 11.8 Å². The van der Waals surface area contributed by atoms with Crippen LogP contribution in [0, 0.1) is 10.1 Å². The molecule has 0 fully saturated rings. The van der Waals surface area contributed by atoms with Gasteiger partial charge in [0, 0.05) is 46.4 Å². The predicted octanol–water partition coefficient (Wildman–Crippen LogP) is 6.56. The number of likely N-dealkylation sites (N-methyl/N-ethyl adjacent to an activating group) is 1. The molecule has 2 aliphatic heterocycles. The number of para-hydroxylation sites is 2. The van der Waals surface area contributed by atoms with Crippen LogP contribution in [0.1, 0.15) is 38.2 Å². The minimum Gasteiger partial charge on any atom is -0.466 e. The lowest BCUT2D eigenvalue weighted by molar-refractivity contribution is -0.384. The average Bonchev–Trinajstić information content (AvgIpc) is 3.05. The van der Waals surface area contributed by atoms with Gasteiger partial charge in [-0.15, -0.1) is 0 Å². The Balaban J connectivity index is 1.18. The van der Waals surface area contributed by atoms with Gasteiger partial charge in [-0.2, -0.15) is 0 Å². The summed E-state index contributed by atoms with van der Waals surface area (Å²) < 4.78 is 10.8. The maximum absolute atomic E-state index is 13.5. The number of nitro benzene ring substituents is 1. The summed E-state index contributed by atoms with van der Waals surface area (Å²) in [6.07, 6.45) is 1.95. The van der Waals surface area contributed by atoms with Crippen LogP contribution in [-0.2, 0) is 19.1 Å². The van der Waals surface area contributed by atoms with E-state index in [9.17, 15) is 19.7 Å². The first-order valence-corrected chi connectivity index (χ1v) is 16.0. The molecule has 0 amide bonds. The molecule has 10 nitrogen and oxygen atoms in total. The van der Waals surface area contributed by atoms with Crippen molar-refractivity contribution in [2.75, 3.05) is 45.3 Å². The summed E-state index contributed by atoms with van der Waals surface area (Å²) in [7, 11) is 3.26. The third-order valence-electron chi connectivity index (χ3n) is 8.21. The first-order chi connectivity index (χ1) is 22.2. The van der Waals surface area contributed by atoms with Crippen LogP contribution in [-0.4, -0.2) is 62.2 Å². The van der Waals surface area contributed by atoms with Crippen LogP contribution in [0.3, 0.4) is 0 Å². The molecule has 0 spiro atoms. The number of nitrogens with one attached hydrogen (secondary N) is 1. The summed E-state index contributed by atoms with van der Waals surface area (Å²) >= 11 is 1.80. The van der Waals surface area contributed by atoms with Gasteiger partial charge in [-0.25, -0.2) is 9.59 Å². The normalized spacial score (nSPS) is 15.7. The van der Waals surface area contributed by atoms with Gasteiger partial charge in [-0.1, -0.05) is 48.2 Å². The van der Waals surface area contributed by atoms with Gasteiger partial charge in [0.15, 0.2) is 0 Å². The molecule has 0 bridgehead atoms. The zero-order valence-electron chi connectivity index (χ0n) is 26.4. The van der Waals surface area contributed by atoms with E-state index in [-0.39, 0.29) is 23.4 Å². The number of hydrogen-bond donors (Lipinski definition) is 1. The number of rotatable bonds is 12. The number of nitrogens with zero attached hydrogens (tertiary/aromatic N) is 3. The number of anilines is 2. The van der Waals surface area contributed by atoms with Crippen molar-refractivity contribution in [3.8, 4) is 0 Å². The summed E-state index contributed by atoms with van der Waals surface area (Å²) in [5.41, 5.74) is 4.19. The monoisotopic (exact) mass is 642 g/mol. The standard InChI is InChI=1S/C35H38N4O6S/c1-23-31(34(40)44-4)33(25-12-11-13-26(22-25)39(42)43)32(24(2)36-23)35(41)45-21-20-37(3)18-9-10-19-38-27-14-5-7-16-29(27)46-30-17-8-6-15-28(30)38/h5-8,11-17,22,33,36H,9-10,18-21H2,1-4H3. The second-order valence-electron chi connectivity index (χ2n) is 11.3. The number of carbonyl (C=O) groups is 2. The van der Waals surface area contributed by atoms with Gasteiger partial charge in [0.05, 0.1) is 40.5 Å². The van der Waals surface area contributed by atoms with Crippen LogP contribution in [0.15, 0.2) is 105 Å². The van der Waals surface area contributed by atoms with Gasteiger partial charge in [-0.05, 0) is 70.1 Å². The second kappa shape index (κ2) is 14.7. The molecule has 46 heavy (non-hydrogen) atoms. The lowest BCUT2D eigenvalue weighted by atomic mass is 9.80. The minimum absolute atomic E-state index is 0.141. The third kappa shape index (κ3) is 7.11. The highest BCUT2D eigenvalue weighted by Crippen LogP contribution is 2.48. The number of hydrogen-bond acceptors (Lipinski definition) is 10. The number of nitro groups is 1. The summed E-state index contributed by atoms with van der Waals surface area (Å²) in [6, 6.07) is 22.9. The van der Waals surface area contributed by atoms with Crippen LogP contribution in [0.5, 0.6) is 0 Å². The highest BCUT2D eigenvalue weighted by Gasteiger charge is 2.38. The van der Waals surface area contributed by atoms with Crippen LogP contribution in [0.4, 0.5) is 17.1 Å². The Morgan fingerprint density at radius 2 is 1.54 bits per heavy atom. The minimum atomic E-state index is -0.887. The number of esters is 2. The summed E-state index contributed by atoms with van der Waals surface area (Å²) in [5, 5.41) is 14.6. The third-order valence-corrected chi connectivity index (χ3v) is 9.34. The molecule has 1 N–H and O–H groups in total. The first kappa shape index (κ1) is 32.8. The summed E-state index contributed by atoms with van der Waals surface area (Å²) in [4.78, 5) is 44.5. The lowest BCUT2D eigenvalue weighted by Gasteiger charge is -2.33. The Bertz CT molecular complexity index is 1660. The van der Waals surface area contributed by atoms with E-state index in [1.165, 1.54) is 46.5 Å². The van der Waals surface area contributed by atoms with Gasteiger partial charge in [-0.3, -0.25) is 10.1 Å². The maximum Gasteiger partial charge on any atom is 0.336 e. The molecule has 2 heterocycles. The summed E-state index contributed by atoms with van der Waals surface area (Å²) in [6.45, 7) is 5.83. The van der Waals surface area contributed by atoms with Crippen LogP contribution in [0.2, 0.25) is 0 Å². The van der Waals surface area contributed by atoms with E-state index in [0.29, 0.717) is 23.5 Å². The zero-order chi connectivity index (χ0) is 32.8. The van der Waals surface area contributed by atoms with Crippen molar-refractivity contribution in [2.45, 2.75) is 42.4 Å². The second-order valence-corrected chi connectivity index (χ2v) is 12.4. The Hall–Kier alpha value is -4.61. The van der Waals surface area contributed by atoms with Crippen molar-refractivity contribution in [3.05, 3.63) is 111 Å². The van der Waals surface area contributed by atoms with Gasteiger partial charge < -0.3 is 24.6 Å². The molecule has 3 aromatic rings. The number of benzene rings is 3. The molecular formula is C35H38N4O6S. The van der Waals surface area contributed by atoms with Crippen LogP contribution in [0.25, 0.3) is 0 Å². The van der Waals surface area contributed by atoms with Gasteiger partial charge in [0.1, 0.15) is 6.61 Å². The highest BCUT2D eigenvalue weighted by molar-refractivity contribution is 7.99. The molecule has 0 saturated heterocycles. The van der Waals surface area contributed by atoms with E-state index in [1.807, 2.05) is 7.05 Å². The maximum atomic E-state index is 13.5. The fourth-order valence-corrected chi connectivity index (χ4v) is 7.05. The van der Waals surface area contributed by atoms with E-state index in [1.54, 1.807) is 31.7 Å². The van der Waals surface area contributed by atoms with Crippen molar-refractivity contribution in [3.63, 3.8) is 0 Å². The molecule has 2 aliphatic rings. The number of methoxy groups -OCH3 is 1. The van der Waals surface area contributed by atoms with Crippen molar-refractivity contribution in [1.29, 1.82) is 0 Å². The fourth-order valence-electron chi connectivity index (χ4n) is 5.95. The van der Waals surface area contributed by atoms with Gasteiger partial charge >= 0.3 is 11.9 Å². The van der Waals surface area contributed by atoms with Crippen molar-refractivity contribution < 1.29 is 24.0 Å². The SMILES string of the molecule is COC(=O)C1=C(C)NC(C)=C(C(=O)OCCN(C)CCCCN2c3ccccc3Sc3ccccc32)C1c1cccc([N+](=O)[O-])c1. The zero-order valence-corrected chi connectivity index (χ0v) is 27.3. The Kier molecular flexibility index (Phi) is 10.4. The molecule has 240 valence electrons. The molecular weight excluding hydrogens is 604 g/mol. The van der Waals surface area contributed by atoms with Crippen molar-refractivity contribution >= 4 is 40.8 Å². The van der Waals surface area contributed by atoms with E-state index < -0.39 is 22.8 Å². The number of non-ortho nitro benzene ring substituents is 1. The Morgan fingerprint density at radius 1 is 0.913 bits per heavy atom. The molecule has 5 rings (SSSR count). The molecule has 3 aromatic carbocycles. The lowest BCUT2D eigenvalue weighted by Crippen LogP contribution is -2.33. The van der Waals surface area contributed by atoms with E-state index in [0.717, 1.165) is 25.9 Å². The summed E-state index contributed by atoms with van der Waals surface area (Å²) in [5.74, 6) is -2.11. The van der Waals surface area contributed by atoms with Crippen molar-refractivity contribution in [2.24, 2.45) is 0 Å². The number of unbranched alkanes of at least 4 members (excludes halogenated alkanes) is 1. The quantitative estimate of drug-likeness (QED) is 0.101. The molecule has 1 unspecified atom stereocenters. The van der Waals surface area contributed by atoms with Crippen LogP contribution < -0.4 is 10.2 Å². The molecule has 11 heteroatoms. The smallest absolute Gasteiger partial charge is 0.336 e. The molecule has 0 radical (unpaired) electrons. The predicted molar refractivity (Wildman–Crippen MR) is 178 cm³/mol. The molecule has 1 atom stereocenters. The Labute approximate surface area is 273 Å². The van der Waals surface area contributed by atoms with E-state index >= 15 is 0 Å². The Morgan fingerprint density at radius 3 is 2.17 bits per heavy atom. The number of carbonyl (C=O) groups excluding carboxylic acids is 2. The largest absolute Gasteiger partial charge is 0.466 e.